The van der Waals surface area contributed by atoms with Gasteiger partial charge in [-0.1, -0.05) is 20.3 Å². The Balaban J connectivity index is 2.67. The lowest BCUT2D eigenvalue weighted by Crippen LogP contribution is -2.50. The monoisotopic (exact) mass is 254 g/mol. The molecule has 0 aliphatic carbocycles. The molecule has 0 aromatic rings. The summed E-state index contributed by atoms with van der Waals surface area (Å²) in [4.78, 5) is 14.8. The predicted molar refractivity (Wildman–Crippen MR) is 76.6 cm³/mol. The van der Waals surface area contributed by atoms with Crippen LogP contribution in [0.15, 0.2) is 0 Å². The second-order valence-electron chi connectivity index (χ2n) is 5.63. The third-order valence-electron chi connectivity index (χ3n) is 4.24. The fourth-order valence-electron chi connectivity index (χ4n) is 2.69. The summed E-state index contributed by atoms with van der Waals surface area (Å²) in [5, 5.41) is 3.43. The lowest BCUT2D eigenvalue weighted by Gasteiger charge is -2.36. The maximum absolute atomic E-state index is 12.7. The van der Waals surface area contributed by atoms with E-state index in [-0.39, 0.29) is 5.92 Å². The van der Waals surface area contributed by atoms with Gasteiger partial charge in [-0.05, 0) is 46.1 Å². The highest BCUT2D eigenvalue weighted by atomic mass is 16.2. The molecule has 1 aliphatic rings. The first-order valence-electron chi connectivity index (χ1n) is 7.65. The van der Waals surface area contributed by atoms with Crippen LogP contribution in [-0.4, -0.2) is 36.0 Å². The molecule has 0 radical (unpaired) electrons. The van der Waals surface area contributed by atoms with Crippen molar-refractivity contribution in [1.29, 1.82) is 0 Å². The Hall–Kier alpha value is -0.570. The van der Waals surface area contributed by atoms with Crippen LogP contribution in [0.5, 0.6) is 0 Å². The number of hydrogen-bond donors (Lipinski definition) is 1. The highest BCUT2D eigenvalue weighted by Gasteiger charge is 2.32. The molecule has 3 atom stereocenters. The SMILES string of the molecule is CCCCN(C(=O)C1CCCNC1C)C(C)CC. The topological polar surface area (TPSA) is 32.3 Å². The van der Waals surface area contributed by atoms with Crippen LogP contribution >= 0.6 is 0 Å². The first-order chi connectivity index (χ1) is 8.61. The van der Waals surface area contributed by atoms with Gasteiger partial charge in [0.1, 0.15) is 0 Å². The van der Waals surface area contributed by atoms with Crippen molar-refractivity contribution in [2.75, 3.05) is 13.1 Å². The molecule has 0 spiro atoms. The first kappa shape index (κ1) is 15.5. The Kier molecular flexibility index (Phi) is 6.69. The van der Waals surface area contributed by atoms with Crippen LogP contribution in [0, 0.1) is 5.92 Å². The van der Waals surface area contributed by atoms with E-state index < -0.39 is 0 Å². The van der Waals surface area contributed by atoms with E-state index in [1.54, 1.807) is 0 Å². The van der Waals surface area contributed by atoms with Gasteiger partial charge in [0.05, 0.1) is 5.92 Å². The van der Waals surface area contributed by atoms with Gasteiger partial charge in [0.2, 0.25) is 5.91 Å². The lowest BCUT2D eigenvalue weighted by atomic mass is 9.90. The number of piperidine rings is 1. The minimum Gasteiger partial charge on any atom is -0.340 e. The van der Waals surface area contributed by atoms with Crippen molar-refractivity contribution in [1.82, 2.24) is 10.2 Å². The Bertz CT molecular complexity index is 255. The molecule has 3 nitrogen and oxygen atoms in total. The van der Waals surface area contributed by atoms with Crippen molar-refractivity contribution >= 4 is 5.91 Å². The van der Waals surface area contributed by atoms with Gasteiger partial charge in [0.15, 0.2) is 0 Å². The Morgan fingerprint density at radius 3 is 2.72 bits per heavy atom. The molecule has 1 rings (SSSR count). The second-order valence-corrected chi connectivity index (χ2v) is 5.63. The summed E-state index contributed by atoms with van der Waals surface area (Å²) in [6, 6.07) is 0.706. The van der Waals surface area contributed by atoms with Gasteiger partial charge in [-0.15, -0.1) is 0 Å². The summed E-state index contributed by atoms with van der Waals surface area (Å²) in [7, 11) is 0. The van der Waals surface area contributed by atoms with E-state index >= 15 is 0 Å². The second kappa shape index (κ2) is 7.78. The highest BCUT2D eigenvalue weighted by molar-refractivity contribution is 5.80. The zero-order chi connectivity index (χ0) is 13.5. The number of rotatable bonds is 6. The van der Waals surface area contributed by atoms with Crippen LogP contribution in [0.4, 0.5) is 0 Å². The van der Waals surface area contributed by atoms with E-state index in [9.17, 15) is 4.79 Å². The third kappa shape index (κ3) is 3.98. The van der Waals surface area contributed by atoms with Crippen LogP contribution in [-0.2, 0) is 4.79 Å². The van der Waals surface area contributed by atoms with Gasteiger partial charge in [-0.3, -0.25) is 4.79 Å². The van der Waals surface area contributed by atoms with Crippen molar-refractivity contribution in [3.05, 3.63) is 0 Å². The maximum atomic E-state index is 12.7. The minimum absolute atomic E-state index is 0.185. The fraction of sp³-hybridized carbons (Fsp3) is 0.933. The largest absolute Gasteiger partial charge is 0.340 e. The summed E-state index contributed by atoms with van der Waals surface area (Å²) < 4.78 is 0. The number of nitrogens with one attached hydrogen (secondary N) is 1. The number of carbonyl (C=O) groups excluding carboxylic acids is 1. The van der Waals surface area contributed by atoms with Crippen molar-refractivity contribution in [2.45, 2.75) is 71.9 Å². The van der Waals surface area contributed by atoms with Crippen molar-refractivity contribution < 1.29 is 4.79 Å². The van der Waals surface area contributed by atoms with Crippen molar-refractivity contribution in [3.63, 3.8) is 0 Å². The Morgan fingerprint density at radius 2 is 2.17 bits per heavy atom. The maximum Gasteiger partial charge on any atom is 0.227 e. The van der Waals surface area contributed by atoms with Crippen LogP contribution in [0.1, 0.15) is 59.8 Å². The zero-order valence-corrected chi connectivity index (χ0v) is 12.5. The zero-order valence-electron chi connectivity index (χ0n) is 12.5. The van der Waals surface area contributed by atoms with E-state index in [1.807, 2.05) is 0 Å². The van der Waals surface area contributed by atoms with Crippen LogP contribution in [0.25, 0.3) is 0 Å². The molecule has 3 unspecified atom stereocenters. The first-order valence-corrected chi connectivity index (χ1v) is 7.65. The quantitative estimate of drug-likeness (QED) is 0.790. The summed E-state index contributed by atoms with van der Waals surface area (Å²) in [6.45, 7) is 10.7. The Morgan fingerprint density at radius 1 is 1.44 bits per heavy atom. The molecule has 0 saturated carbocycles. The van der Waals surface area contributed by atoms with E-state index in [2.05, 4.69) is 37.9 Å². The van der Waals surface area contributed by atoms with Crippen LogP contribution in [0.3, 0.4) is 0 Å². The molecule has 106 valence electrons. The summed E-state index contributed by atoms with van der Waals surface area (Å²) in [5.74, 6) is 0.558. The van der Waals surface area contributed by atoms with Gasteiger partial charge < -0.3 is 10.2 Å². The third-order valence-corrected chi connectivity index (χ3v) is 4.24. The predicted octanol–water partition coefficient (Wildman–Crippen LogP) is 2.80. The number of amides is 1. The average molecular weight is 254 g/mol. The van der Waals surface area contributed by atoms with Gasteiger partial charge in [0, 0.05) is 18.6 Å². The molecule has 1 saturated heterocycles. The molecule has 0 aromatic carbocycles. The number of hydrogen-bond acceptors (Lipinski definition) is 2. The van der Waals surface area contributed by atoms with E-state index in [4.69, 9.17) is 0 Å². The van der Waals surface area contributed by atoms with Crippen LogP contribution < -0.4 is 5.32 Å². The fourth-order valence-corrected chi connectivity index (χ4v) is 2.69. The van der Waals surface area contributed by atoms with Gasteiger partial charge in [-0.25, -0.2) is 0 Å². The molecule has 1 fully saturated rings. The number of unbranched alkanes of at least 4 members (excludes halogenated alkanes) is 1. The minimum atomic E-state index is 0.185. The molecule has 0 aromatic heterocycles. The molecule has 1 N–H and O–H groups in total. The molecule has 1 aliphatic heterocycles. The molecule has 0 bridgehead atoms. The summed E-state index contributed by atoms with van der Waals surface area (Å²) in [6.07, 6.45) is 5.49. The molecule has 1 amide bonds. The molecular formula is C15H30N2O. The van der Waals surface area contributed by atoms with Gasteiger partial charge in [-0.2, -0.15) is 0 Å². The summed E-state index contributed by atoms with van der Waals surface area (Å²) >= 11 is 0. The van der Waals surface area contributed by atoms with E-state index in [0.717, 1.165) is 45.2 Å². The Labute approximate surface area is 112 Å². The number of carbonyl (C=O) groups is 1. The molecular weight excluding hydrogens is 224 g/mol. The molecule has 1 heterocycles. The molecule has 18 heavy (non-hydrogen) atoms. The smallest absolute Gasteiger partial charge is 0.227 e. The molecule has 3 heteroatoms. The van der Waals surface area contributed by atoms with Gasteiger partial charge >= 0.3 is 0 Å². The van der Waals surface area contributed by atoms with Crippen molar-refractivity contribution in [3.8, 4) is 0 Å². The van der Waals surface area contributed by atoms with Crippen LogP contribution in [0.2, 0.25) is 0 Å². The highest BCUT2D eigenvalue weighted by Crippen LogP contribution is 2.21. The van der Waals surface area contributed by atoms with Gasteiger partial charge in [0.25, 0.3) is 0 Å². The lowest BCUT2D eigenvalue weighted by molar-refractivity contribution is -0.139. The standard InChI is InChI=1S/C15H30N2O/c1-5-7-11-17(12(3)6-2)15(18)14-9-8-10-16-13(14)4/h12-14,16H,5-11H2,1-4H3. The average Bonchev–Trinajstić information content (AvgIpc) is 2.39. The normalized spacial score (nSPS) is 25.8. The number of nitrogens with zero attached hydrogens (tertiary/aromatic N) is 1. The van der Waals surface area contributed by atoms with E-state index in [0.29, 0.717) is 18.0 Å². The van der Waals surface area contributed by atoms with E-state index in [1.165, 1.54) is 0 Å². The van der Waals surface area contributed by atoms with Crippen molar-refractivity contribution in [2.24, 2.45) is 5.92 Å². The summed E-state index contributed by atoms with van der Waals surface area (Å²) in [5.41, 5.74) is 0.